The molecule has 2 heterocycles. The number of carboxylic acids is 1. The van der Waals surface area contributed by atoms with Crippen molar-refractivity contribution in [2.45, 2.75) is 6.92 Å². The summed E-state index contributed by atoms with van der Waals surface area (Å²) in [5.74, 6) is -0.324. The molecule has 0 fully saturated rings. The molecule has 1 N–H and O–H groups in total. The van der Waals surface area contributed by atoms with Crippen LogP contribution in [0, 0.1) is 6.92 Å². The molecule has 2 aromatic rings. The van der Waals surface area contributed by atoms with E-state index >= 15 is 0 Å². The first-order valence-corrected chi connectivity index (χ1v) is 4.94. The third-order valence-corrected chi connectivity index (χ3v) is 2.10. The molecule has 0 spiro atoms. The molecular formula is C12H10N2O3. The molecule has 86 valence electrons. The van der Waals surface area contributed by atoms with Crippen molar-refractivity contribution in [1.82, 2.24) is 9.97 Å². The molecule has 0 aliphatic heterocycles. The Hall–Kier alpha value is -2.43. The quantitative estimate of drug-likeness (QED) is 0.875. The highest BCUT2D eigenvalue weighted by molar-refractivity contribution is 5.90. The van der Waals surface area contributed by atoms with Crippen molar-refractivity contribution in [2.75, 3.05) is 0 Å². The Kier molecular flexibility index (Phi) is 3.00. The number of hydrogen-bond donors (Lipinski definition) is 1. The third-order valence-electron chi connectivity index (χ3n) is 2.10. The normalized spacial score (nSPS) is 9.94. The summed E-state index contributed by atoms with van der Waals surface area (Å²) < 4.78 is 5.47. The Labute approximate surface area is 97.7 Å². The smallest absolute Gasteiger partial charge is 0.341 e. The van der Waals surface area contributed by atoms with E-state index in [0.717, 1.165) is 0 Å². The largest absolute Gasteiger partial charge is 0.477 e. The van der Waals surface area contributed by atoms with E-state index in [1.807, 2.05) is 0 Å². The van der Waals surface area contributed by atoms with Crippen LogP contribution in [0.15, 0.2) is 36.8 Å². The number of pyridine rings is 2. The topological polar surface area (TPSA) is 72.3 Å². The zero-order valence-corrected chi connectivity index (χ0v) is 9.12. The molecule has 0 aromatic carbocycles. The fourth-order valence-corrected chi connectivity index (χ4v) is 1.31. The van der Waals surface area contributed by atoms with Gasteiger partial charge in [-0.25, -0.2) is 4.79 Å². The molecule has 2 rings (SSSR count). The maximum Gasteiger partial charge on any atom is 0.341 e. The number of rotatable bonds is 3. The van der Waals surface area contributed by atoms with Crippen LogP contribution in [0.25, 0.3) is 0 Å². The highest BCUT2D eigenvalue weighted by atomic mass is 16.5. The monoisotopic (exact) mass is 230 g/mol. The second-order valence-electron chi connectivity index (χ2n) is 3.42. The second kappa shape index (κ2) is 4.61. The number of hydrogen-bond acceptors (Lipinski definition) is 4. The number of ether oxygens (including phenoxy) is 1. The lowest BCUT2D eigenvalue weighted by Gasteiger charge is -2.08. The summed E-state index contributed by atoms with van der Waals surface area (Å²) in [4.78, 5) is 18.8. The van der Waals surface area contributed by atoms with Crippen molar-refractivity contribution in [2.24, 2.45) is 0 Å². The van der Waals surface area contributed by atoms with Crippen LogP contribution >= 0.6 is 0 Å². The Bertz CT molecular complexity index is 541. The zero-order valence-electron chi connectivity index (χ0n) is 9.12. The molecule has 0 unspecified atom stereocenters. The Morgan fingerprint density at radius 3 is 2.88 bits per heavy atom. The predicted molar refractivity (Wildman–Crippen MR) is 60.2 cm³/mol. The lowest BCUT2D eigenvalue weighted by atomic mass is 10.2. The molecule has 0 amide bonds. The van der Waals surface area contributed by atoms with Gasteiger partial charge in [-0.15, -0.1) is 0 Å². The third kappa shape index (κ3) is 2.57. The second-order valence-corrected chi connectivity index (χ2v) is 3.42. The highest BCUT2D eigenvalue weighted by Crippen LogP contribution is 2.24. The van der Waals surface area contributed by atoms with Crippen LogP contribution in [0.1, 0.15) is 16.1 Å². The maximum atomic E-state index is 11.0. The average Bonchev–Trinajstić information content (AvgIpc) is 2.30. The van der Waals surface area contributed by atoms with Crippen LogP contribution in [-0.2, 0) is 0 Å². The minimum absolute atomic E-state index is 0.0273. The molecule has 0 aliphatic rings. The van der Waals surface area contributed by atoms with Gasteiger partial charge in [0.15, 0.2) is 0 Å². The summed E-state index contributed by atoms with van der Waals surface area (Å²) in [6, 6.07) is 4.99. The van der Waals surface area contributed by atoms with Crippen molar-refractivity contribution in [3.05, 3.63) is 48.0 Å². The van der Waals surface area contributed by atoms with Gasteiger partial charge in [-0.2, -0.15) is 0 Å². The average molecular weight is 230 g/mol. The lowest BCUT2D eigenvalue weighted by molar-refractivity contribution is 0.0693. The van der Waals surface area contributed by atoms with Gasteiger partial charge in [-0.3, -0.25) is 9.97 Å². The fourth-order valence-electron chi connectivity index (χ4n) is 1.31. The van der Waals surface area contributed by atoms with Crippen molar-refractivity contribution >= 4 is 5.97 Å². The Balaban J connectivity index is 2.37. The number of aromatic carboxylic acids is 1. The minimum atomic E-state index is -1.07. The van der Waals surface area contributed by atoms with Gasteiger partial charge in [0.25, 0.3) is 0 Å². The minimum Gasteiger partial charge on any atom is -0.477 e. The molecule has 5 nitrogen and oxygen atoms in total. The van der Waals surface area contributed by atoms with Crippen molar-refractivity contribution < 1.29 is 14.6 Å². The van der Waals surface area contributed by atoms with Gasteiger partial charge in [0.2, 0.25) is 0 Å². The molecular weight excluding hydrogens is 220 g/mol. The molecule has 0 atom stereocenters. The van der Waals surface area contributed by atoms with E-state index in [4.69, 9.17) is 9.84 Å². The first-order valence-electron chi connectivity index (χ1n) is 4.94. The summed E-state index contributed by atoms with van der Waals surface area (Å²) in [6.45, 7) is 1.77. The van der Waals surface area contributed by atoms with E-state index in [-0.39, 0.29) is 11.3 Å². The Morgan fingerprint density at radius 2 is 2.24 bits per heavy atom. The van der Waals surface area contributed by atoms with Crippen LogP contribution in [0.5, 0.6) is 11.5 Å². The van der Waals surface area contributed by atoms with Gasteiger partial charge < -0.3 is 9.84 Å². The van der Waals surface area contributed by atoms with E-state index in [1.165, 1.54) is 12.4 Å². The van der Waals surface area contributed by atoms with Crippen molar-refractivity contribution in [1.29, 1.82) is 0 Å². The standard InChI is InChI=1S/C12H10N2O3/c1-8-5-11(10(7-14-8)12(15)16)17-9-3-2-4-13-6-9/h2-7H,1H3,(H,15,16). The van der Waals surface area contributed by atoms with Gasteiger partial charge in [-0.1, -0.05) is 0 Å². The molecule has 17 heavy (non-hydrogen) atoms. The SMILES string of the molecule is Cc1cc(Oc2cccnc2)c(C(=O)O)cn1. The van der Waals surface area contributed by atoms with E-state index in [0.29, 0.717) is 11.4 Å². The van der Waals surface area contributed by atoms with Crippen LogP contribution < -0.4 is 4.74 Å². The van der Waals surface area contributed by atoms with Gasteiger partial charge in [0.05, 0.1) is 6.20 Å². The molecule has 0 bridgehead atoms. The predicted octanol–water partition coefficient (Wildman–Crippen LogP) is 2.28. The van der Waals surface area contributed by atoms with E-state index in [1.54, 1.807) is 31.3 Å². The summed E-state index contributed by atoms with van der Waals surface area (Å²) >= 11 is 0. The molecule has 5 heteroatoms. The fraction of sp³-hybridized carbons (Fsp3) is 0.0833. The molecule has 0 radical (unpaired) electrons. The van der Waals surface area contributed by atoms with Crippen LogP contribution in [-0.4, -0.2) is 21.0 Å². The summed E-state index contributed by atoms with van der Waals surface area (Å²) in [7, 11) is 0. The molecule has 0 saturated heterocycles. The molecule has 0 saturated carbocycles. The highest BCUT2D eigenvalue weighted by Gasteiger charge is 2.12. The van der Waals surface area contributed by atoms with Gasteiger partial charge in [0.1, 0.15) is 17.1 Å². The number of aryl methyl sites for hydroxylation is 1. The lowest BCUT2D eigenvalue weighted by Crippen LogP contribution is -2.01. The van der Waals surface area contributed by atoms with Crippen LogP contribution in [0.2, 0.25) is 0 Å². The molecule has 0 aliphatic carbocycles. The number of carbonyl (C=O) groups is 1. The number of nitrogens with zero attached hydrogens (tertiary/aromatic N) is 2. The zero-order chi connectivity index (χ0) is 12.3. The van der Waals surface area contributed by atoms with E-state index < -0.39 is 5.97 Å². The first-order chi connectivity index (χ1) is 8.16. The van der Waals surface area contributed by atoms with Gasteiger partial charge >= 0.3 is 5.97 Å². The summed E-state index contributed by atoms with van der Waals surface area (Å²) in [5, 5.41) is 9.00. The number of aromatic nitrogens is 2. The summed E-state index contributed by atoms with van der Waals surface area (Å²) in [6.07, 6.45) is 4.41. The van der Waals surface area contributed by atoms with Gasteiger partial charge in [0, 0.05) is 24.2 Å². The van der Waals surface area contributed by atoms with Crippen LogP contribution in [0.3, 0.4) is 0 Å². The van der Waals surface area contributed by atoms with Crippen LogP contribution in [0.4, 0.5) is 0 Å². The van der Waals surface area contributed by atoms with Gasteiger partial charge in [-0.05, 0) is 19.1 Å². The van der Waals surface area contributed by atoms with E-state index in [2.05, 4.69) is 9.97 Å². The maximum absolute atomic E-state index is 11.0. The molecule has 2 aromatic heterocycles. The number of carboxylic acid groups (broad SMARTS) is 1. The summed E-state index contributed by atoms with van der Waals surface area (Å²) in [5.41, 5.74) is 0.716. The van der Waals surface area contributed by atoms with Crippen molar-refractivity contribution in [3.8, 4) is 11.5 Å². The van der Waals surface area contributed by atoms with E-state index in [9.17, 15) is 4.79 Å². The first kappa shape index (κ1) is 11.1. The Morgan fingerprint density at radius 1 is 1.41 bits per heavy atom. The van der Waals surface area contributed by atoms with Crippen molar-refractivity contribution in [3.63, 3.8) is 0 Å².